The van der Waals surface area contributed by atoms with Crippen molar-refractivity contribution in [3.8, 4) is 11.8 Å². The molecule has 1 aliphatic rings. The second-order valence-electron chi connectivity index (χ2n) is 6.21. The van der Waals surface area contributed by atoms with Crippen LogP contribution < -0.4 is 20.5 Å². The van der Waals surface area contributed by atoms with Gasteiger partial charge in [0.2, 0.25) is 0 Å². The van der Waals surface area contributed by atoms with Crippen LogP contribution in [0.1, 0.15) is 33.3 Å². The van der Waals surface area contributed by atoms with E-state index < -0.39 is 11.4 Å². The molecule has 1 heterocycles. The van der Waals surface area contributed by atoms with Crippen LogP contribution in [0.4, 0.5) is 15.8 Å². The number of anilines is 2. The van der Waals surface area contributed by atoms with Crippen molar-refractivity contribution in [1.82, 2.24) is 0 Å². The zero-order valence-corrected chi connectivity index (χ0v) is 16.9. The summed E-state index contributed by atoms with van der Waals surface area (Å²) in [4.78, 5) is 20.6. The number of nitriles is 1. The fraction of sp³-hybridized carbons (Fsp3) is 0.250. The van der Waals surface area contributed by atoms with E-state index in [1.807, 2.05) is 13.8 Å². The lowest BCUT2D eigenvalue weighted by molar-refractivity contribution is -0.120. The molecule has 2 aromatic rings. The Hall–Kier alpha value is -3.02. The van der Waals surface area contributed by atoms with Crippen LogP contribution in [0.2, 0.25) is 0 Å². The predicted octanol–water partition coefficient (Wildman–Crippen LogP) is 3.89. The molecule has 2 aromatic carbocycles. The molecule has 0 bridgehead atoms. The summed E-state index contributed by atoms with van der Waals surface area (Å²) < 4.78 is 14.0. The second-order valence-corrected chi connectivity index (χ2v) is 6.57. The van der Waals surface area contributed by atoms with Gasteiger partial charge in [-0.1, -0.05) is 13.8 Å². The molecular weight excluding hydrogens is 379 g/mol. The van der Waals surface area contributed by atoms with Crippen molar-refractivity contribution in [3.05, 3.63) is 53.8 Å². The number of benzene rings is 2. The van der Waals surface area contributed by atoms with E-state index in [9.17, 15) is 9.18 Å². The number of hydrogen-bond donors (Lipinski definition) is 1. The Morgan fingerprint density at radius 1 is 1.14 bits per heavy atom. The van der Waals surface area contributed by atoms with Gasteiger partial charge in [-0.25, -0.2) is 4.39 Å². The lowest BCUT2D eigenvalue weighted by atomic mass is 10.0. The van der Waals surface area contributed by atoms with Gasteiger partial charge >= 0.3 is 0 Å². The summed E-state index contributed by atoms with van der Waals surface area (Å²) in [6, 6.07) is 12.5. The van der Waals surface area contributed by atoms with Crippen LogP contribution in [-0.2, 0) is 4.79 Å². The molecule has 0 unspecified atom stereocenters. The summed E-state index contributed by atoms with van der Waals surface area (Å²) in [5.41, 5.74) is -0.133. The lowest BCUT2D eigenvalue weighted by Crippen LogP contribution is -2.44. The first-order valence-electron chi connectivity index (χ1n) is 8.66. The van der Waals surface area contributed by atoms with E-state index in [0.717, 1.165) is 6.07 Å². The third kappa shape index (κ3) is 3.54. The quantitative estimate of drug-likeness (QED) is 0.622. The largest absolute Gasteiger partial charge is 0.412 e. The highest BCUT2D eigenvalue weighted by Gasteiger charge is 2.50. The van der Waals surface area contributed by atoms with Gasteiger partial charge in [-0.15, -0.1) is 0 Å². The van der Waals surface area contributed by atoms with Gasteiger partial charge in [-0.3, -0.25) is 9.69 Å². The molecule has 1 fully saturated rings. The first-order valence-corrected chi connectivity index (χ1v) is 9.07. The number of carbonyl (C=O) groups is 1. The van der Waals surface area contributed by atoms with E-state index in [4.69, 9.17) is 23.4 Å². The van der Waals surface area contributed by atoms with Gasteiger partial charge in [-0.05, 0) is 68.5 Å². The van der Waals surface area contributed by atoms with E-state index in [1.54, 1.807) is 49.1 Å². The third-order valence-electron chi connectivity index (χ3n) is 4.23. The summed E-state index contributed by atoms with van der Waals surface area (Å²) in [5.74, 6) is 4.59. The molecule has 1 amide bonds. The smallest absolute Gasteiger partial charge is 0.259 e. The Balaban J connectivity index is 0.00000136. The summed E-state index contributed by atoms with van der Waals surface area (Å²) in [6.45, 7) is 7.46. The molecule has 6 nitrogen and oxygen atoms in total. The number of carbonyl (C=O) groups excluding carboxylic acids is 1. The molecule has 1 saturated heterocycles. The number of halogens is 1. The Bertz CT molecular complexity index is 938. The van der Waals surface area contributed by atoms with Crippen molar-refractivity contribution in [2.45, 2.75) is 33.2 Å². The van der Waals surface area contributed by atoms with Crippen molar-refractivity contribution in [2.75, 3.05) is 9.80 Å². The zero-order chi connectivity index (χ0) is 21.1. The summed E-state index contributed by atoms with van der Waals surface area (Å²) in [6.07, 6.45) is 0. The zero-order valence-electron chi connectivity index (χ0n) is 16.1. The van der Waals surface area contributed by atoms with Crippen LogP contribution in [0.15, 0.2) is 42.5 Å². The molecule has 0 atom stereocenters. The van der Waals surface area contributed by atoms with Crippen molar-refractivity contribution in [1.29, 1.82) is 5.26 Å². The van der Waals surface area contributed by atoms with Gasteiger partial charge < -0.3 is 9.74 Å². The first-order chi connectivity index (χ1) is 13.3. The van der Waals surface area contributed by atoms with Crippen LogP contribution in [-0.4, -0.2) is 16.6 Å². The highest BCUT2D eigenvalue weighted by Crippen LogP contribution is 2.37. The number of nitrogens with two attached hydrogens (primary N) is 1. The summed E-state index contributed by atoms with van der Waals surface area (Å²) >= 11 is 5.51. The molecule has 0 aromatic heterocycles. The molecular formula is C20H21FN4O2S. The minimum absolute atomic E-state index is 0.0974. The van der Waals surface area contributed by atoms with Crippen molar-refractivity contribution in [2.24, 2.45) is 5.90 Å². The van der Waals surface area contributed by atoms with Crippen LogP contribution in [0.25, 0.3) is 0 Å². The molecule has 0 spiro atoms. The van der Waals surface area contributed by atoms with Gasteiger partial charge in [0.25, 0.3) is 5.91 Å². The van der Waals surface area contributed by atoms with Gasteiger partial charge in [0.15, 0.2) is 5.11 Å². The van der Waals surface area contributed by atoms with E-state index in [2.05, 4.69) is 4.84 Å². The Morgan fingerprint density at radius 2 is 1.71 bits per heavy atom. The minimum Gasteiger partial charge on any atom is -0.412 e. The number of rotatable bonds is 3. The normalized spacial score (nSPS) is 15.0. The second kappa shape index (κ2) is 8.33. The summed E-state index contributed by atoms with van der Waals surface area (Å²) in [5, 5.41) is 9.08. The number of nitrogens with zero attached hydrogens (tertiary/aromatic N) is 3. The van der Waals surface area contributed by atoms with E-state index >= 15 is 0 Å². The van der Waals surface area contributed by atoms with Crippen LogP contribution in [0.3, 0.4) is 0 Å². The van der Waals surface area contributed by atoms with Crippen LogP contribution in [0, 0.1) is 17.1 Å². The van der Waals surface area contributed by atoms with Crippen molar-refractivity contribution < 1.29 is 14.0 Å². The van der Waals surface area contributed by atoms with Gasteiger partial charge in [0.1, 0.15) is 23.2 Å². The van der Waals surface area contributed by atoms with Crippen molar-refractivity contribution >= 4 is 34.6 Å². The fourth-order valence-corrected chi connectivity index (χ4v) is 3.39. The molecule has 2 N–H and O–H groups in total. The average Bonchev–Trinajstić information content (AvgIpc) is 2.87. The van der Waals surface area contributed by atoms with E-state index in [-0.39, 0.29) is 22.3 Å². The topological polar surface area (TPSA) is 82.6 Å². The molecule has 1 aliphatic heterocycles. The van der Waals surface area contributed by atoms with Crippen LogP contribution in [0.5, 0.6) is 5.75 Å². The Kier molecular flexibility index (Phi) is 6.33. The SMILES string of the molecule is CC.CC1(C)C(=O)N(c2ccc(C#N)c(F)c2)C(=S)N1c1ccc(ON)cc1. The number of thiocarbonyl (C=S) groups is 1. The molecule has 3 rings (SSSR count). The number of amides is 1. The maximum atomic E-state index is 14.0. The Morgan fingerprint density at radius 3 is 2.21 bits per heavy atom. The predicted molar refractivity (Wildman–Crippen MR) is 110 cm³/mol. The molecule has 0 saturated carbocycles. The molecule has 0 radical (unpaired) electrons. The van der Waals surface area contributed by atoms with E-state index in [1.165, 1.54) is 17.0 Å². The Labute approximate surface area is 168 Å². The summed E-state index contributed by atoms with van der Waals surface area (Å²) in [7, 11) is 0. The fourth-order valence-electron chi connectivity index (χ4n) is 2.86. The maximum absolute atomic E-state index is 14.0. The van der Waals surface area contributed by atoms with E-state index in [0.29, 0.717) is 11.4 Å². The molecule has 8 heteroatoms. The third-order valence-corrected chi connectivity index (χ3v) is 4.60. The monoisotopic (exact) mass is 400 g/mol. The van der Waals surface area contributed by atoms with Gasteiger partial charge in [-0.2, -0.15) is 11.2 Å². The highest BCUT2D eigenvalue weighted by molar-refractivity contribution is 7.81. The van der Waals surface area contributed by atoms with Crippen LogP contribution >= 0.6 is 12.2 Å². The maximum Gasteiger partial charge on any atom is 0.259 e. The van der Waals surface area contributed by atoms with Gasteiger partial charge in [0, 0.05) is 5.69 Å². The molecule has 0 aliphatic carbocycles. The van der Waals surface area contributed by atoms with Crippen molar-refractivity contribution in [3.63, 3.8) is 0 Å². The molecule has 146 valence electrons. The molecule has 28 heavy (non-hydrogen) atoms. The average molecular weight is 400 g/mol. The standard InChI is InChI=1S/C18H15FN4O2S.C2H6/c1-18(2)16(24)22(13-4-3-11(10-20)15(19)9-13)17(26)23(18)12-5-7-14(25-21)8-6-12;1-2/h3-9H,21H2,1-2H3;1-2H3. The highest BCUT2D eigenvalue weighted by atomic mass is 32.1. The first kappa shape index (κ1) is 21.3. The number of hydrogen-bond acceptors (Lipinski definition) is 5. The lowest BCUT2D eigenvalue weighted by Gasteiger charge is -2.29. The minimum atomic E-state index is -0.980. The van der Waals surface area contributed by atoms with Gasteiger partial charge in [0.05, 0.1) is 11.3 Å².